The van der Waals surface area contributed by atoms with Crippen LogP contribution in [0.3, 0.4) is 0 Å². The highest BCUT2D eigenvalue weighted by atomic mass is 35.5. The fourth-order valence-electron chi connectivity index (χ4n) is 0.661. The molecule has 0 N–H and O–H groups in total. The standard InChI is InChI=1S/C8H9ClN2OS/c1-6(12)2-3-13-8-10-4-7(9)5-11-8/h4-5H,2-3H2,1H3. The first-order valence-electron chi connectivity index (χ1n) is 3.78. The van der Waals surface area contributed by atoms with Crippen molar-refractivity contribution in [3.8, 4) is 0 Å². The van der Waals surface area contributed by atoms with Crippen molar-refractivity contribution in [3.63, 3.8) is 0 Å². The summed E-state index contributed by atoms with van der Waals surface area (Å²) in [6, 6.07) is 0. The molecule has 0 aliphatic heterocycles. The average molecular weight is 217 g/mol. The van der Waals surface area contributed by atoms with Gasteiger partial charge >= 0.3 is 0 Å². The van der Waals surface area contributed by atoms with Crippen LogP contribution in [-0.2, 0) is 4.79 Å². The molecule has 1 aromatic rings. The molecule has 0 spiro atoms. The van der Waals surface area contributed by atoms with Crippen molar-refractivity contribution >= 4 is 29.1 Å². The van der Waals surface area contributed by atoms with Gasteiger partial charge in [0, 0.05) is 12.2 Å². The van der Waals surface area contributed by atoms with Crippen LogP contribution in [-0.4, -0.2) is 21.5 Å². The minimum absolute atomic E-state index is 0.182. The zero-order valence-corrected chi connectivity index (χ0v) is 8.73. The van der Waals surface area contributed by atoms with Crippen molar-refractivity contribution in [2.45, 2.75) is 18.5 Å². The van der Waals surface area contributed by atoms with Crippen LogP contribution in [0.25, 0.3) is 0 Å². The molecule has 0 saturated heterocycles. The SMILES string of the molecule is CC(=O)CCSc1ncc(Cl)cn1. The lowest BCUT2D eigenvalue weighted by molar-refractivity contribution is -0.116. The second-order valence-corrected chi connectivity index (χ2v) is 3.98. The number of nitrogens with zero attached hydrogens (tertiary/aromatic N) is 2. The Morgan fingerprint density at radius 2 is 2.15 bits per heavy atom. The Kier molecular flexibility index (Phi) is 4.18. The van der Waals surface area contributed by atoms with Crippen LogP contribution < -0.4 is 0 Å². The Hall–Kier alpha value is -0.610. The van der Waals surface area contributed by atoms with Gasteiger partial charge in [-0.25, -0.2) is 9.97 Å². The highest BCUT2D eigenvalue weighted by molar-refractivity contribution is 7.99. The van der Waals surface area contributed by atoms with E-state index < -0.39 is 0 Å². The average Bonchev–Trinajstić information content (AvgIpc) is 2.08. The topological polar surface area (TPSA) is 42.9 Å². The van der Waals surface area contributed by atoms with Crippen molar-refractivity contribution in [2.75, 3.05) is 5.75 Å². The number of aromatic nitrogens is 2. The summed E-state index contributed by atoms with van der Waals surface area (Å²) in [7, 11) is 0. The predicted octanol–water partition coefficient (Wildman–Crippen LogP) is 2.20. The molecule has 5 heteroatoms. The van der Waals surface area contributed by atoms with Gasteiger partial charge in [0.15, 0.2) is 5.16 Å². The van der Waals surface area contributed by atoms with Crippen LogP contribution in [0.5, 0.6) is 0 Å². The largest absolute Gasteiger partial charge is 0.300 e. The van der Waals surface area contributed by atoms with Gasteiger partial charge in [-0.15, -0.1) is 0 Å². The number of ketones is 1. The second kappa shape index (κ2) is 5.19. The highest BCUT2D eigenvalue weighted by Gasteiger charge is 1.98. The van der Waals surface area contributed by atoms with Crippen molar-refractivity contribution in [1.29, 1.82) is 0 Å². The fraction of sp³-hybridized carbons (Fsp3) is 0.375. The van der Waals surface area contributed by atoms with Crippen LogP contribution in [0.1, 0.15) is 13.3 Å². The summed E-state index contributed by atoms with van der Waals surface area (Å²) in [5.41, 5.74) is 0. The molecule has 0 aliphatic rings. The van der Waals surface area contributed by atoms with E-state index in [4.69, 9.17) is 11.6 Å². The number of Topliss-reactive ketones (excluding diaryl/α,β-unsaturated/α-hetero) is 1. The fourth-order valence-corrected chi connectivity index (χ4v) is 1.59. The predicted molar refractivity (Wildman–Crippen MR) is 53.1 cm³/mol. The van der Waals surface area contributed by atoms with Gasteiger partial charge in [-0.1, -0.05) is 23.4 Å². The second-order valence-electron chi connectivity index (χ2n) is 2.48. The highest BCUT2D eigenvalue weighted by Crippen LogP contribution is 2.14. The van der Waals surface area contributed by atoms with Crippen LogP contribution in [0.15, 0.2) is 17.6 Å². The molecule has 0 amide bonds. The molecule has 0 radical (unpaired) electrons. The van der Waals surface area contributed by atoms with Crippen LogP contribution in [0.2, 0.25) is 5.02 Å². The lowest BCUT2D eigenvalue weighted by Gasteiger charge is -1.97. The Labute approximate surface area is 85.9 Å². The van der Waals surface area contributed by atoms with Crippen molar-refractivity contribution < 1.29 is 4.79 Å². The molecule has 70 valence electrons. The first-order chi connectivity index (χ1) is 6.18. The third-order valence-corrected chi connectivity index (χ3v) is 2.35. The molecule has 0 unspecified atom stereocenters. The molecule has 13 heavy (non-hydrogen) atoms. The van der Waals surface area contributed by atoms with Gasteiger partial charge in [0.2, 0.25) is 0 Å². The molecule has 0 aliphatic carbocycles. The lowest BCUT2D eigenvalue weighted by Crippen LogP contribution is -1.93. The smallest absolute Gasteiger partial charge is 0.187 e. The van der Waals surface area contributed by atoms with Gasteiger partial charge in [-0.05, 0) is 6.92 Å². The van der Waals surface area contributed by atoms with Crippen LogP contribution in [0, 0.1) is 0 Å². The molecule has 0 atom stereocenters. The molecule has 0 fully saturated rings. The van der Waals surface area contributed by atoms with Gasteiger partial charge in [0.25, 0.3) is 0 Å². The molecular weight excluding hydrogens is 208 g/mol. The summed E-state index contributed by atoms with van der Waals surface area (Å²) in [5.74, 6) is 0.901. The number of hydrogen-bond donors (Lipinski definition) is 0. The van der Waals surface area contributed by atoms with E-state index in [0.29, 0.717) is 16.6 Å². The van der Waals surface area contributed by atoms with Gasteiger partial charge in [-0.3, -0.25) is 4.79 Å². The zero-order valence-electron chi connectivity index (χ0n) is 7.16. The van der Waals surface area contributed by atoms with E-state index in [2.05, 4.69) is 9.97 Å². The number of hydrogen-bond acceptors (Lipinski definition) is 4. The molecule has 1 rings (SSSR count). The van der Waals surface area contributed by atoms with Crippen LogP contribution in [0.4, 0.5) is 0 Å². The molecule has 1 heterocycles. The number of rotatable bonds is 4. The van der Waals surface area contributed by atoms with E-state index in [-0.39, 0.29) is 5.78 Å². The Morgan fingerprint density at radius 3 is 2.69 bits per heavy atom. The number of thioether (sulfide) groups is 1. The summed E-state index contributed by atoms with van der Waals surface area (Å²) < 4.78 is 0. The maximum atomic E-state index is 10.6. The van der Waals surface area contributed by atoms with E-state index in [1.54, 1.807) is 19.3 Å². The summed E-state index contributed by atoms with van der Waals surface area (Å²) in [4.78, 5) is 18.6. The quantitative estimate of drug-likeness (QED) is 0.572. The van der Waals surface area contributed by atoms with E-state index in [0.717, 1.165) is 5.75 Å². The van der Waals surface area contributed by atoms with Gasteiger partial charge in [0.1, 0.15) is 5.78 Å². The van der Waals surface area contributed by atoms with Crippen LogP contribution >= 0.6 is 23.4 Å². The molecule has 3 nitrogen and oxygen atoms in total. The third kappa shape index (κ3) is 4.24. The number of carbonyl (C=O) groups excluding carboxylic acids is 1. The monoisotopic (exact) mass is 216 g/mol. The van der Waals surface area contributed by atoms with E-state index in [9.17, 15) is 4.79 Å². The maximum absolute atomic E-state index is 10.6. The number of halogens is 1. The van der Waals surface area contributed by atoms with Crippen molar-refractivity contribution in [2.24, 2.45) is 0 Å². The first kappa shape index (κ1) is 10.5. The minimum atomic E-state index is 0.182. The van der Waals surface area contributed by atoms with E-state index in [1.165, 1.54) is 11.8 Å². The summed E-state index contributed by atoms with van der Waals surface area (Å²) in [6.07, 6.45) is 3.64. The van der Waals surface area contributed by atoms with Gasteiger partial charge in [-0.2, -0.15) is 0 Å². The summed E-state index contributed by atoms with van der Waals surface area (Å²) in [5, 5.41) is 1.18. The molecule has 0 saturated carbocycles. The molecule has 1 aromatic heterocycles. The maximum Gasteiger partial charge on any atom is 0.187 e. The van der Waals surface area contributed by atoms with Gasteiger partial charge in [0.05, 0.1) is 17.4 Å². The Balaban J connectivity index is 2.37. The normalized spacial score (nSPS) is 10.0. The first-order valence-corrected chi connectivity index (χ1v) is 5.14. The van der Waals surface area contributed by atoms with E-state index >= 15 is 0 Å². The minimum Gasteiger partial charge on any atom is -0.300 e. The molecule has 0 bridgehead atoms. The number of carbonyl (C=O) groups is 1. The van der Waals surface area contributed by atoms with Gasteiger partial charge < -0.3 is 0 Å². The van der Waals surface area contributed by atoms with E-state index in [1.807, 2.05) is 0 Å². The molecular formula is C8H9ClN2OS. The molecule has 0 aromatic carbocycles. The Morgan fingerprint density at radius 1 is 1.54 bits per heavy atom. The van der Waals surface area contributed by atoms with Crippen molar-refractivity contribution in [1.82, 2.24) is 9.97 Å². The summed E-state index contributed by atoms with van der Waals surface area (Å²) >= 11 is 7.06. The lowest BCUT2D eigenvalue weighted by atomic mass is 10.4. The third-order valence-electron chi connectivity index (χ3n) is 1.28. The van der Waals surface area contributed by atoms with Crippen molar-refractivity contribution in [3.05, 3.63) is 17.4 Å². The Bertz CT molecular complexity index is 289. The zero-order chi connectivity index (χ0) is 9.68. The summed E-state index contributed by atoms with van der Waals surface area (Å²) in [6.45, 7) is 1.57.